The Bertz CT molecular complexity index is 1080. The second-order valence-electron chi connectivity index (χ2n) is 8.58. The minimum atomic E-state index is -0.318. The van der Waals surface area contributed by atoms with Gasteiger partial charge in [-0.15, -0.1) is 0 Å². The maximum absolute atomic E-state index is 11.7. The maximum atomic E-state index is 11.7. The maximum Gasteiger partial charge on any atom is 0.293 e. The number of aryl methyl sites for hydroxylation is 1. The number of rotatable bonds is 7. The summed E-state index contributed by atoms with van der Waals surface area (Å²) in [5.74, 6) is 0.994. The Labute approximate surface area is 182 Å². The fourth-order valence-electron chi connectivity index (χ4n) is 3.16. The van der Waals surface area contributed by atoms with E-state index in [0.717, 1.165) is 28.0 Å². The van der Waals surface area contributed by atoms with Crippen LogP contribution in [0.25, 0.3) is 16.4 Å². The number of hydrogen-bond acceptors (Lipinski definition) is 5. The summed E-state index contributed by atoms with van der Waals surface area (Å²) in [7, 11) is 3.56. The molecule has 6 rings (SSSR count). The Morgan fingerprint density at radius 3 is 2.29 bits per heavy atom. The van der Waals surface area contributed by atoms with Crippen LogP contribution < -0.4 is 4.74 Å². The molecule has 2 aromatic carbocycles. The van der Waals surface area contributed by atoms with Crippen LogP contribution in [0.1, 0.15) is 38.4 Å². The van der Waals surface area contributed by atoms with Crippen molar-refractivity contribution in [1.82, 2.24) is 14.5 Å². The van der Waals surface area contributed by atoms with Crippen molar-refractivity contribution in [2.75, 3.05) is 14.1 Å². The molecule has 7 nitrogen and oxygen atoms in total. The molecule has 0 saturated carbocycles. The summed E-state index contributed by atoms with van der Waals surface area (Å²) in [4.78, 5) is 22.9. The Kier molecular flexibility index (Phi) is 6.63. The minimum Gasteiger partial charge on any atom is -0.489 e. The molecule has 4 aromatic heterocycles. The summed E-state index contributed by atoms with van der Waals surface area (Å²) in [6.45, 7) is 6.48. The van der Waals surface area contributed by atoms with Crippen LogP contribution in [0.15, 0.2) is 42.5 Å². The van der Waals surface area contributed by atoms with E-state index < -0.39 is 0 Å². The third kappa shape index (κ3) is 5.42. The van der Waals surface area contributed by atoms with E-state index in [0.29, 0.717) is 25.9 Å². The van der Waals surface area contributed by atoms with E-state index in [1.807, 2.05) is 55.6 Å². The first kappa shape index (κ1) is 22.3. The lowest BCUT2D eigenvalue weighted by Gasteiger charge is -2.14. The molecule has 0 aliphatic rings. The van der Waals surface area contributed by atoms with Gasteiger partial charge in [-0.05, 0) is 26.3 Å². The van der Waals surface area contributed by atoms with Gasteiger partial charge in [0.25, 0.3) is 6.47 Å². The highest BCUT2D eigenvalue weighted by Gasteiger charge is 2.22. The van der Waals surface area contributed by atoms with E-state index >= 15 is 0 Å². The van der Waals surface area contributed by atoms with Crippen LogP contribution in [-0.4, -0.2) is 46.6 Å². The van der Waals surface area contributed by atoms with Gasteiger partial charge in [0.15, 0.2) is 0 Å². The fraction of sp³-hybridized carbons (Fsp3) is 0.375. The van der Waals surface area contributed by atoms with Crippen molar-refractivity contribution in [1.29, 1.82) is 0 Å². The van der Waals surface area contributed by atoms with Gasteiger partial charge in [0.1, 0.15) is 18.0 Å². The van der Waals surface area contributed by atoms with Gasteiger partial charge in [0, 0.05) is 44.5 Å². The first-order chi connectivity index (χ1) is 14.7. The van der Waals surface area contributed by atoms with Crippen LogP contribution in [0.5, 0.6) is 5.75 Å². The number of hydrogen-bond donors (Lipinski definition) is 0. The second-order valence-corrected chi connectivity index (χ2v) is 8.58. The van der Waals surface area contributed by atoms with Gasteiger partial charge < -0.3 is 14.4 Å². The van der Waals surface area contributed by atoms with Gasteiger partial charge in [0.2, 0.25) is 5.91 Å². The van der Waals surface area contributed by atoms with E-state index in [1.54, 1.807) is 19.0 Å². The summed E-state index contributed by atoms with van der Waals surface area (Å²) >= 11 is 0. The zero-order valence-electron chi connectivity index (χ0n) is 18.7. The van der Waals surface area contributed by atoms with Crippen molar-refractivity contribution in [3.05, 3.63) is 53.7 Å². The smallest absolute Gasteiger partial charge is 0.293 e. The van der Waals surface area contributed by atoms with E-state index in [4.69, 9.17) is 4.74 Å². The van der Waals surface area contributed by atoms with Crippen molar-refractivity contribution in [2.45, 2.75) is 45.8 Å². The topological polar surface area (TPSA) is 73.1 Å². The largest absolute Gasteiger partial charge is 0.489 e. The van der Waals surface area contributed by atoms with Crippen LogP contribution >= 0.6 is 0 Å². The molecule has 0 atom stereocenters. The molecule has 31 heavy (non-hydrogen) atoms. The minimum absolute atomic E-state index is 0.129. The number of carbonyl (C=O) groups is 2. The highest BCUT2D eigenvalue weighted by molar-refractivity contribution is 6.05. The first-order valence-electron chi connectivity index (χ1n) is 10.2. The van der Waals surface area contributed by atoms with E-state index in [-0.39, 0.29) is 11.5 Å². The van der Waals surface area contributed by atoms with Crippen molar-refractivity contribution in [2.24, 2.45) is 0 Å². The number of benzene rings is 2. The van der Waals surface area contributed by atoms with Crippen LogP contribution in [0, 0.1) is 0 Å². The third-order valence-corrected chi connectivity index (χ3v) is 4.76. The summed E-state index contributed by atoms with van der Waals surface area (Å²) < 4.78 is 12.4. The van der Waals surface area contributed by atoms with E-state index in [1.165, 1.54) is 5.39 Å². The number of nitrogens with zero attached hydrogens (tertiary/aromatic N) is 3. The number of amides is 1. The Morgan fingerprint density at radius 1 is 1.13 bits per heavy atom. The molecule has 6 aromatic rings. The van der Waals surface area contributed by atoms with Crippen LogP contribution in [0.3, 0.4) is 0 Å². The average molecular weight is 424 g/mol. The fourth-order valence-corrected chi connectivity index (χ4v) is 3.16. The van der Waals surface area contributed by atoms with Crippen molar-refractivity contribution < 1.29 is 19.1 Å². The number of ether oxygens (including phenoxy) is 2. The standard InChI is InChI=1S/C19H19N3O2.C5H10O2/c1-21(2)18(23)9-8-15-19-16-10-14(11-17(19)22(16)20-15)24-12-13-6-4-3-5-7-13;1-5(2,3)7-4-6/h3-7,10-11H,8-9,12H2,1-2H3;4H,1-3H3. The number of aromatic nitrogens is 2. The van der Waals surface area contributed by atoms with Crippen molar-refractivity contribution >= 4 is 28.8 Å². The van der Waals surface area contributed by atoms with Gasteiger partial charge in [-0.1, -0.05) is 30.3 Å². The molecule has 1 amide bonds. The van der Waals surface area contributed by atoms with Crippen LogP contribution in [-0.2, 0) is 27.4 Å². The Morgan fingerprint density at radius 2 is 1.77 bits per heavy atom. The highest BCUT2D eigenvalue weighted by Crippen LogP contribution is 2.36. The molecular weight excluding hydrogens is 394 g/mol. The SMILES string of the molecule is CC(C)(C)OC=O.CN(C)C(=O)CCc1nn2c3cc(OCc4ccccc4)cc2c13. The molecule has 0 radical (unpaired) electrons. The normalized spacial score (nSPS) is 11.4. The van der Waals surface area contributed by atoms with Crippen molar-refractivity contribution in [3.63, 3.8) is 0 Å². The lowest BCUT2D eigenvalue weighted by Crippen LogP contribution is -2.21. The lowest BCUT2D eigenvalue weighted by atomic mass is 10.1. The lowest BCUT2D eigenvalue weighted by molar-refractivity contribution is -0.138. The van der Waals surface area contributed by atoms with E-state index in [2.05, 4.69) is 22.0 Å². The predicted octanol–water partition coefficient (Wildman–Crippen LogP) is 3.92. The van der Waals surface area contributed by atoms with Gasteiger partial charge in [0.05, 0.1) is 16.7 Å². The number of pyridine rings is 1. The molecule has 0 saturated heterocycles. The monoisotopic (exact) mass is 423 g/mol. The molecule has 164 valence electrons. The molecule has 0 unspecified atom stereocenters. The van der Waals surface area contributed by atoms with Gasteiger partial charge >= 0.3 is 0 Å². The zero-order valence-corrected chi connectivity index (χ0v) is 18.7. The average Bonchev–Trinajstić information content (AvgIpc) is 3.29. The van der Waals surface area contributed by atoms with E-state index in [9.17, 15) is 9.59 Å². The van der Waals surface area contributed by atoms with Gasteiger partial charge in [-0.3, -0.25) is 9.59 Å². The van der Waals surface area contributed by atoms with Gasteiger partial charge in [-0.25, -0.2) is 4.52 Å². The zero-order chi connectivity index (χ0) is 22.6. The van der Waals surface area contributed by atoms with Crippen LogP contribution in [0.4, 0.5) is 0 Å². The molecule has 7 heteroatoms. The summed E-state index contributed by atoms with van der Waals surface area (Å²) in [5, 5.41) is 5.74. The van der Waals surface area contributed by atoms with Crippen molar-refractivity contribution in [3.8, 4) is 5.75 Å². The third-order valence-electron chi connectivity index (χ3n) is 4.76. The second kappa shape index (κ2) is 9.20. The highest BCUT2D eigenvalue weighted by atomic mass is 16.5. The molecule has 4 heterocycles. The predicted molar refractivity (Wildman–Crippen MR) is 120 cm³/mol. The first-order valence-corrected chi connectivity index (χ1v) is 10.2. The molecule has 0 spiro atoms. The molecular formula is C24H29N3O4. The molecule has 0 aliphatic heterocycles. The molecule has 4 bridgehead atoms. The summed E-state index contributed by atoms with van der Waals surface area (Å²) in [6, 6.07) is 14.2. The summed E-state index contributed by atoms with van der Waals surface area (Å²) in [5.41, 5.74) is 4.01. The molecule has 0 fully saturated rings. The molecule has 0 aliphatic carbocycles. The Hall–Kier alpha value is -3.35. The van der Waals surface area contributed by atoms with Gasteiger partial charge in [-0.2, -0.15) is 5.10 Å². The van der Waals surface area contributed by atoms with Crippen LogP contribution in [0.2, 0.25) is 0 Å². The number of fused-ring (bicyclic) bond motifs is 3. The molecule has 0 N–H and O–H groups in total. The number of carbonyl (C=O) groups excluding carboxylic acids is 2. The quantitative estimate of drug-likeness (QED) is 0.421. The summed E-state index contributed by atoms with van der Waals surface area (Å²) in [6.07, 6.45) is 1.17. The Balaban J connectivity index is 0.000000339.